The summed E-state index contributed by atoms with van der Waals surface area (Å²) < 4.78 is 16.8. The number of methoxy groups -OCH3 is 1. The molecule has 0 aliphatic carbocycles. The van der Waals surface area contributed by atoms with Gasteiger partial charge in [-0.15, -0.1) is 0 Å². The fourth-order valence-electron chi connectivity index (χ4n) is 7.82. The number of carbonyl (C=O) groups excluding carboxylic acids is 3. The third-order valence-corrected chi connectivity index (χ3v) is 10.8. The average Bonchev–Trinajstić information content (AvgIpc) is 4.03. The number of hydrogen-bond donors (Lipinski definition) is 5. The number of aromatic nitrogens is 4. The van der Waals surface area contributed by atoms with Gasteiger partial charge in [0.2, 0.25) is 11.8 Å². The van der Waals surface area contributed by atoms with E-state index in [-0.39, 0.29) is 30.3 Å². The third-order valence-electron chi connectivity index (χ3n) is 10.8. The van der Waals surface area contributed by atoms with Crippen LogP contribution in [0.4, 0.5) is 9.59 Å². The second-order valence-corrected chi connectivity index (χ2v) is 14.9. The van der Waals surface area contributed by atoms with Crippen LogP contribution in [-0.4, -0.2) is 110 Å². The Hall–Kier alpha value is -5.74. The van der Waals surface area contributed by atoms with Crippen LogP contribution in [0.25, 0.3) is 33.6 Å². The van der Waals surface area contributed by atoms with E-state index in [1.54, 1.807) is 22.2 Å². The van der Waals surface area contributed by atoms with Crippen molar-refractivity contribution in [3.05, 3.63) is 72.6 Å². The number of likely N-dealkylation sites (tertiary alicyclic amines) is 2. The standard InChI is InChI=1S/C40H48N8O8/c1-23(2)33(46-39(53)54-4)37(50)47-16-5-7-31(47)34-41-20-29(44-34)27-12-8-25(9-13-27)26-10-14-28(15-11-26)30-21-42-35(45-30)32-19-40(55-17-6-18-56-40)22-48(32)36(49)24(3)43-38(51)52/h8-15,20-21,23-24,31-33,43H,5-7,16-19,22H2,1-4H3,(H,41,44)(H,42,45)(H,46,53)(H,51,52)/t24-,31?,32-,33-/m0/s1. The van der Waals surface area contributed by atoms with E-state index in [1.807, 2.05) is 62.4 Å². The summed E-state index contributed by atoms with van der Waals surface area (Å²) in [7, 11) is 1.28. The Bertz CT molecular complexity index is 2040. The Morgan fingerprint density at radius 2 is 1.36 bits per heavy atom. The van der Waals surface area contributed by atoms with Crippen molar-refractivity contribution in [2.75, 3.05) is 33.4 Å². The number of rotatable bonds is 10. The molecule has 1 spiro atoms. The first-order valence-electron chi connectivity index (χ1n) is 19.0. The molecule has 3 saturated heterocycles. The maximum atomic E-state index is 13.5. The second-order valence-electron chi connectivity index (χ2n) is 14.9. The van der Waals surface area contributed by atoms with E-state index in [2.05, 4.69) is 30.6 Å². The van der Waals surface area contributed by atoms with Gasteiger partial charge in [0, 0.05) is 13.0 Å². The van der Waals surface area contributed by atoms with Gasteiger partial charge in [0.05, 0.1) is 62.7 Å². The van der Waals surface area contributed by atoms with E-state index in [0.29, 0.717) is 37.8 Å². The first-order valence-corrected chi connectivity index (χ1v) is 19.0. The summed E-state index contributed by atoms with van der Waals surface area (Å²) in [6.45, 7) is 7.09. The van der Waals surface area contributed by atoms with Crippen LogP contribution in [0.5, 0.6) is 0 Å². The van der Waals surface area contributed by atoms with Gasteiger partial charge in [-0.05, 0) is 54.4 Å². The van der Waals surface area contributed by atoms with Crippen LogP contribution < -0.4 is 10.6 Å². The van der Waals surface area contributed by atoms with Crippen molar-refractivity contribution in [2.24, 2.45) is 5.92 Å². The number of nitrogens with zero attached hydrogens (tertiary/aromatic N) is 4. The van der Waals surface area contributed by atoms with Crippen LogP contribution in [0, 0.1) is 5.92 Å². The van der Waals surface area contributed by atoms with Gasteiger partial charge in [-0.3, -0.25) is 9.59 Å². The molecular weight excluding hydrogens is 720 g/mol. The molecule has 16 heteroatoms. The number of aromatic amines is 2. The van der Waals surface area contributed by atoms with E-state index in [4.69, 9.17) is 14.2 Å². The maximum Gasteiger partial charge on any atom is 0.407 e. The van der Waals surface area contributed by atoms with Crippen molar-refractivity contribution in [3.8, 4) is 33.6 Å². The summed E-state index contributed by atoms with van der Waals surface area (Å²) >= 11 is 0. The summed E-state index contributed by atoms with van der Waals surface area (Å²) in [5, 5.41) is 14.2. The van der Waals surface area contributed by atoms with Gasteiger partial charge < -0.3 is 49.7 Å². The Kier molecular flexibility index (Phi) is 11.1. The number of carboxylic acid groups (broad SMARTS) is 1. The summed E-state index contributed by atoms with van der Waals surface area (Å²) in [5.74, 6) is -0.342. The average molecular weight is 769 g/mol. The lowest BCUT2D eigenvalue weighted by Gasteiger charge is -2.33. The SMILES string of the molecule is COC(=O)N[C@H](C(=O)N1CCCC1c1ncc(-c2ccc(-c3ccc(-c4cnc([C@@H]5CC6(CN5C(=O)[C@H](C)NC(=O)O)OCCCO6)[nH]4)cc3)cc2)[nH]1)C(C)C. The number of nitrogens with one attached hydrogen (secondary N) is 4. The van der Waals surface area contributed by atoms with Gasteiger partial charge in [0.1, 0.15) is 23.7 Å². The molecule has 5 heterocycles. The van der Waals surface area contributed by atoms with Crippen molar-refractivity contribution < 1.29 is 38.5 Å². The number of imidazole rings is 2. The molecule has 4 aromatic rings. The van der Waals surface area contributed by atoms with Crippen LogP contribution in [0.15, 0.2) is 60.9 Å². The molecule has 0 radical (unpaired) electrons. The molecule has 296 valence electrons. The molecule has 2 aromatic heterocycles. The lowest BCUT2D eigenvalue weighted by molar-refractivity contribution is -0.257. The number of ether oxygens (including phenoxy) is 3. The van der Waals surface area contributed by atoms with Crippen molar-refractivity contribution in [1.82, 2.24) is 40.4 Å². The molecule has 0 bridgehead atoms. The lowest BCUT2D eigenvalue weighted by atomic mass is 10.0. The van der Waals surface area contributed by atoms with E-state index in [0.717, 1.165) is 52.9 Å². The van der Waals surface area contributed by atoms with E-state index >= 15 is 0 Å². The van der Waals surface area contributed by atoms with Gasteiger partial charge in [-0.1, -0.05) is 62.4 Å². The number of H-pyrrole nitrogens is 2. The van der Waals surface area contributed by atoms with Gasteiger partial charge in [0.15, 0.2) is 5.79 Å². The van der Waals surface area contributed by atoms with Crippen molar-refractivity contribution >= 4 is 24.0 Å². The molecule has 56 heavy (non-hydrogen) atoms. The fourth-order valence-corrected chi connectivity index (χ4v) is 7.82. The Balaban J connectivity index is 1.02. The topological polar surface area (TPSA) is 204 Å². The van der Waals surface area contributed by atoms with Crippen LogP contribution in [0.1, 0.15) is 70.2 Å². The van der Waals surface area contributed by atoms with Gasteiger partial charge in [-0.25, -0.2) is 19.6 Å². The minimum atomic E-state index is -1.27. The molecule has 3 fully saturated rings. The van der Waals surface area contributed by atoms with Gasteiger partial charge >= 0.3 is 12.2 Å². The van der Waals surface area contributed by atoms with E-state index < -0.39 is 36.1 Å². The molecule has 3 aliphatic heterocycles. The predicted molar refractivity (Wildman–Crippen MR) is 204 cm³/mol. The normalized spacial score (nSPS) is 20.2. The monoisotopic (exact) mass is 768 g/mol. The zero-order chi connectivity index (χ0) is 39.6. The van der Waals surface area contributed by atoms with Gasteiger partial charge in [0.25, 0.3) is 0 Å². The number of benzene rings is 2. The quantitative estimate of drug-likeness (QED) is 0.142. The molecule has 2 aromatic carbocycles. The Morgan fingerprint density at radius 1 is 0.804 bits per heavy atom. The molecule has 3 aliphatic rings. The van der Waals surface area contributed by atoms with Crippen LogP contribution in [-0.2, 0) is 23.8 Å². The first-order chi connectivity index (χ1) is 26.9. The molecule has 0 saturated carbocycles. The molecule has 7 rings (SSSR count). The summed E-state index contributed by atoms with van der Waals surface area (Å²) in [6.07, 6.45) is 4.35. The molecule has 4 atom stereocenters. The highest BCUT2D eigenvalue weighted by atomic mass is 16.7. The predicted octanol–water partition coefficient (Wildman–Crippen LogP) is 5.24. The highest BCUT2D eigenvalue weighted by Gasteiger charge is 2.51. The fraction of sp³-hybridized carbons (Fsp3) is 0.450. The number of alkyl carbamates (subject to hydrolysis) is 1. The van der Waals surface area contributed by atoms with Crippen molar-refractivity contribution in [1.29, 1.82) is 0 Å². The molecule has 16 nitrogen and oxygen atoms in total. The van der Waals surface area contributed by atoms with Crippen LogP contribution in [0.2, 0.25) is 0 Å². The minimum Gasteiger partial charge on any atom is -0.465 e. The molecular formula is C40H48N8O8. The lowest BCUT2D eigenvalue weighted by Crippen LogP contribution is -2.51. The van der Waals surface area contributed by atoms with Crippen LogP contribution in [0.3, 0.4) is 0 Å². The van der Waals surface area contributed by atoms with Crippen molar-refractivity contribution in [3.63, 3.8) is 0 Å². The summed E-state index contributed by atoms with van der Waals surface area (Å²) in [5.41, 5.74) is 5.52. The molecule has 4 amide bonds. The minimum absolute atomic E-state index is 0.114. The van der Waals surface area contributed by atoms with Crippen LogP contribution >= 0.6 is 0 Å². The zero-order valence-corrected chi connectivity index (χ0v) is 31.9. The summed E-state index contributed by atoms with van der Waals surface area (Å²) in [6, 6.07) is 13.9. The zero-order valence-electron chi connectivity index (χ0n) is 31.9. The molecule has 5 N–H and O–H groups in total. The van der Waals surface area contributed by atoms with E-state index in [9.17, 15) is 24.3 Å². The first kappa shape index (κ1) is 38.5. The third kappa shape index (κ3) is 7.97. The highest BCUT2D eigenvalue weighted by molar-refractivity contribution is 5.87. The van der Waals surface area contributed by atoms with Crippen molar-refractivity contribution in [2.45, 2.75) is 76.4 Å². The maximum absolute atomic E-state index is 13.5. The van der Waals surface area contributed by atoms with E-state index in [1.165, 1.54) is 14.0 Å². The largest absolute Gasteiger partial charge is 0.465 e. The molecule has 1 unspecified atom stereocenters. The highest BCUT2D eigenvalue weighted by Crippen LogP contribution is 2.42. The smallest absolute Gasteiger partial charge is 0.407 e. The Morgan fingerprint density at radius 3 is 1.89 bits per heavy atom. The Labute approximate surface area is 324 Å². The summed E-state index contributed by atoms with van der Waals surface area (Å²) in [4.78, 5) is 69.7. The number of hydrogen-bond acceptors (Lipinski definition) is 9. The van der Waals surface area contributed by atoms with Gasteiger partial charge in [-0.2, -0.15) is 0 Å². The second kappa shape index (κ2) is 16.2. The number of carbonyl (C=O) groups is 4. The number of amides is 4.